The van der Waals surface area contributed by atoms with Crippen molar-refractivity contribution in [3.8, 4) is 0 Å². The molecule has 0 aliphatic carbocycles. The fourth-order valence-electron chi connectivity index (χ4n) is 1.89. The van der Waals surface area contributed by atoms with Crippen molar-refractivity contribution < 1.29 is 0 Å². The lowest BCUT2D eigenvalue weighted by Gasteiger charge is -2.30. The van der Waals surface area contributed by atoms with Crippen molar-refractivity contribution in [3.05, 3.63) is 21.6 Å². The van der Waals surface area contributed by atoms with Gasteiger partial charge in [-0.15, -0.1) is 0 Å². The van der Waals surface area contributed by atoms with Crippen molar-refractivity contribution in [3.63, 3.8) is 0 Å². The highest BCUT2D eigenvalue weighted by Gasteiger charge is 2.18. The fourth-order valence-corrected chi connectivity index (χ4v) is 1.89. The summed E-state index contributed by atoms with van der Waals surface area (Å²) in [5.74, 6) is 0.681. The van der Waals surface area contributed by atoms with E-state index >= 15 is 0 Å². The molecule has 1 aromatic heterocycles. The molecule has 2 heterocycles. The fraction of sp³-hybridized carbons (Fsp3) is 0.636. The lowest BCUT2D eigenvalue weighted by Crippen LogP contribution is -2.41. The molecule has 3 N–H and O–H groups in total. The number of aromatic nitrogens is 2. The number of aromatic amines is 1. The van der Waals surface area contributed by atoms with Crippen LogP contribution in [-0.2, 0) is 0 Å². The average molecular weight is 222 g/mol. The highest BCUT2D eigenvalue weighted by atomic mass is 16.1. The zero-order valence-electron chi connectivity index (χ0n) is 9.79. The van der Waals surface area contributed by atoms with Crippen LogP contribution in [0.3, 0.4) is 0 Å². The predicted molar refractivity (Wildman–Crippen MR) is 63.8 cm³/mol. The van der Waals surface area contributed by atoms with Crippen LogP contribution in [0.25, 0.3) is 0 Å². The summed E-state index contributed by atoms with van der Waals surface area (Å²) in [6, 6.07) is 0.287. The lowest BCUT2D eigenvalue weighted by atomic mass is 10.1. The SMILES string of the molecule is Cc1nc(N2CCC(N)CC2)[nH]c(=O)c1C. The van der Waals surface area contributed by atoms with Gasteiger partial charge in [-0.05, 0) is 26.7 Å². The average Bonchev–Trinajstić information content (AvgIpc) is 2.26. The Hall–Kier alpha value is -1.36. The normalized spacial score (nSPS) is 17.8. The van der Waals surface area contributed by atoms with Gasteiger partial charge in [0.15, 0.2) is 0 Å². The molecule has 1 aliphatic heterocycles. The van der Waals surface area contributed by atoms with Gasteiger partial charge in [0.2, 0.25) is 5.95 Å². The number of nitrogens with zero attached hydrogens (tertiary/aromatic N) is 2. The molecule has 5 nitrogen and oxygen atoms in total. The molecule has 1 fully saturated rings. The summed E-state index contributed by atoms with van der Waals surface area (Å²) >= 11 is 0. The van der Waals surface area contributed by atoms with E-state index in [0.717, 1.165) is 31.6 Å². The third-order valence-electron chi connectivity index (χ3n) is 3.22. The third kappa shape index (κ3) is 2.09. The number of aryl methyl sites for hydroxylation is 1. The lowest BCUT2D eigenvalue weighted by molar-refractivity contribution is 0.495. The van der Waals surface area contributed by atoms with Gasteiger partial charge in [-0.2, -0.15) is 0 Å². The third-order valence-corrected chi connectivity index (χ3v) is 3.22. The van der Waals surface area contributed by atoms with Gasteiger partial charge in [0.25, 0.3) is 5.56 Å². The first kappa shape index (κ1) is 11.1. The van der Waals surface area contributed by atoms with Crippen LogP contribution in [0.15, 0.2) is 4.79 Å². The van der Waals surface area contributed by atoms with Gasteiger partial charge in [-0.3, -0.25) is 9.78 Å². The number of nitrogens with two attached hydrogens (primary N) is 1. The second kappa shape index (κ2) is 4.25. The number of hydrogen-bond donors (Lipinski definition) is 2. The monoisotopic (exact) mass is 222 g/mol. The molecular formula is C11H18N4O. The first-order valence-electron chi connectivity index (χ1n) is 5.66. The molecule has 0 radical (unpaired) electrons. The second-order valence-corrected chi connectivity index (χ2v) is 4.42. The molecule has 1 aromatic rings. The van der Waals surface area contributed by atoms with Crippen molar-refractivity contribution in [2.75, 3.05) is 18.0 Å². The van der Waals surface area contributed by atoms with E-state index in [-0.39, 0.29) is 11.6 Å². The number of hydrogen-bond acceptors (Lipinski definition) is 4. The van der Waals surface area contributed by atoms with E-state index in [9.17, 15) is 4.79 Å². The zero-order chi connectivity index (χ0) is 11.7. The molecule has 0 saturated carbocycles. The molecule has 0 amide bonds. The molecule has 16 heavy (non-hydrogen) atoms. The molecule has 88 valence electrons. The molecule has 0 bridgehead atoms. The largest absolute Gasteiger partial charge is 0.342 e. The molecule has 2 rings (SSSR count). The van der Waals surface area contributed by atoms with Crippen LogP contribution in [0.2, 0.25) is 0 Å². The Bertz CT molecular complexity index is 432. The second-order valence-electron chi connectivity index (χ2n) is 4.42. The van der Waals surface area contributed by atoms with Gasteiger partial charge in [0.1, 0.15) is 0 Å². The van der Waals surface area contributed by atoms with E-state index in [1.54, 1.807) is 6.92 Å². The minimum absolute atomic E-state index is 0.0441. The van der Waals surface area contributed by atoms with Crippen molar-refractivity contribution in [1.29, 1.82) is 0 Å². The Morgan fingerprint density at radius 3 is 2.56 bits per heavy atom. The Morgan fingerprint density at radius 2 is 2.00 bits per heavy atom. The molecule has 0 spiro atoms. The molecule has 5 heteroatoms. The highest BCUT2D eigenvalue weighted by Crippen LogP contribution is 2.14. The number of rotatable bonds is 1. The number of piperidine rings is 1. The van der Waals surface area contributed by atoms with Gasteiger partial charge >= 0.3 is 0 Å². The van der Waals surface area contributed by atoms with Crippen LogP contribution >= 0.6 is 0 Å². The van der Waals surface area contributed by atoms with Crippen LogP contribution < -0.4 is 16.2 Å². The van der Waals surface area contributed by atoms with Crippen LogP contribution in [-0.4, -0.2) is 29.1 Å². The van der Waals surface area contributed by atoms with Gasteiger partial charge < -0.3 is 10.6 Å². The van der Waals surface area contributed by atoms with Gasteiger partial charge in [-0.25, -0.2) is 4.98 Å². The molecule has 1 aliphatic rings. The number of nitrogens with one attached hydrogen (secondary N) is 1. The Kier molecular flexibility index (Phi) is 2.96. The summed E-state index contributed by atoms with van der Waals surface area (Å²) in [6.07, 6.45) is 1.91. The van der Waals surface area contributed by atoms with Crippen LogP contribution in [0.5, 0.6) is 0 Å². The minimum atomic E-state index is -0.0441. The van der Waals surface area contributed by atoms with Gasteiger partial charge in [0.05, 0.1) is 0 Å². The van der Waals surface area contributed by atoms with E-state index in [2.05, 4.69) is 14.9 Å². The summed E-state index contributed by atoms with van der Waals surface area (Å²) in [4.78, 5) is 20.9. The summed E-state index contributed by atoms with van der Waals surface area (Å²) in [6.45, 7) is 5.39. The van der Waals surface area contributed by atoms with E-state index in [0.29, 0.717) is 11.5 Å². The summed E-state index contributed by atoms with van der Waals surface area (Å²) in [5.41, 5.74) is 7.29. The van der Waals surface area contributed by atoms with Crippen molar-refractivity contribution in [2.45, 2.75) is 32.7 Å². The summed E-state index contributed by atoms with van der Waals surface area (Å²) in [7, 11) is 0. The Labute approximate surface area is 94.7 Å². The van der Waals surface area contributed by atoms with Gasteiger partial charge in [0, 0.05) is 30.4 Å². The topological polar surface area (TPSA) is 75.0 Å². The summed E-state index contributed by atoms with van der Waals surface area (Å²) < 4.78 is 0. The van der Waals surface area contributed by atoms with E-state index in [4.69, 9.17) is 5.73 Å². The standard InChI is InChI=1S/C11H18N4O/c1-7-8(2)13-11(14-10(7)16)15-5-3-9(12)4-6-15/h9H,3-6,12H2,1-2H3,(H,13,14,16). The van der Waals surface area contributed by atoms with E-state index < -0.39 is 0 Å². The van der Waals surface area contributed by atoms with Gasteiger partial charge in [-0.1, -0.05) is 0 Å². The Morgan fingerprint density at radius 1 is 1.38 bits per heavy atom. The molecule has 0 unspecified atom stereocenters. The molecule has 0 atom stereocenters. The van der Waals surface area contributed by atoms with Crippen molar-refractivity contribution >= 4 is 5.95 Å². The predicted octanol–water partition coefficient (Wildman–Crippen LogP) is 0.314. The van der Waals surface area contributed by atoms with Crippen molar-refractivity contribution in [2.24, 2.45) is 5.73 Å². The van der Waals surface area contributed by atoms with Crippen molar-refractivity contribution in [1.82, 2.24) is 9.97 Å². The molecular weight excluding hydrogens is 204 g/mol. The number of H-pyrrole nitrogens is 1. The van der Waals surface area contributed by atoms with E-state index in [1.165, 1.54) is 0 Å². The molecule has 1 saturated heterocycles. The zero-order valence-corrected chi connectivity index (χ0v) is 9.79. The maximum Gasteiger partial charge on any atom is 0.255 e. The first-order chi connectivity index (χ1) is 7.58. The van der Waals surface area contributed by atoms with Crippen LogP contribution in [0.4, 0.5) is 5.95 Å². The minimum Gasteiger partial charge on any atom is -0.342 e. The highest BCUT2D eigenvalue weighted by molar-refractivity contribution is 5.33. The number of anilines is 1. The maximum absolute atomic E-state index is 11.6. The van der Waals surface area contributed by atoms with E-state index in [1.807, 2.05) is 6.92 Å². The Balaban J connectivity index is 2.24. The first-order valence-corrected chi connectivity index (χ1v) is 5.66. The molecule has 0 aromatic carbocycles. The maximum atomic E-state index is 11.6. The van der Waals surface area contributed by atoms with Crippen LogP contribution in [0.1, 0.15) is 24.1 Å². The quantitative estimate of drug-likeness (QED) is 0.717. The smallest absolute Gasteiger partial charge is 0.255 e. The summed E-state index contributed by atoms with van der Waals surface area (Å²) in [5, 5.41) is 0. The van der Waals surface area contributed by atoms with Crippen LogP contribution in [0, 0.1) is 13.8 Å².